The van der Waals surface area contributed by atoms with Crippen LogP contribution in [0, 0.1) is 5.82 Å². The van der Waals surface area contributed by atoms with E-state index in [0.29, 0.717) is 33.5 Å². The Hall–Kier alpha value is -3.69. The highest BCUT2D eigenvalue weighted by atomic mass is 35.5. The molecule has 0 saturated heterocycles. The molecular formula is C24H17ClFN5O2S. The zero-order valence-corrected chi connectivity index (χ0v) is 19.2. The van der Waals surface area contributed by atoms with Gasteiger partial charge in [0.15, 0.2) is 22.5 Å². The Kier molecular flexibility index (Phi) is 6.55. The molecule has 0 aliphatic carbocycles. The van der Waals surface area contributed by atoms with Crippen LogP contribution in [0.2, 0.25) is 5.02 Å². The number of thioether (sulfide) groups is 1. The standard InChI is InChI=1S/C24H17ClFN5O2S/c25-17-12-10-16(11-13-17)23-29-28-22(33-23)15-34-24-30-27-21(31(24)18-6-2-1-3-7-18)14-32-20-9-5-4-8-19(20)26/h1-13H,14-15H2. The van der Waals surface area contributed by atoms with E-state index in [1.165, 1.54) is 17.8 Å². The Morgan fingerprint density at radius 2 is 1.65 bits per heavy atom. The van der Waals surface area contributed by atoms with Crippen molar-refractivity contribution in [3.8, 4) is 22.9 Å². The summed E-state index contributed by atoms with van der Waals surface area (Å²) in [6.45, 7) is 0.0463. The second-order valence-electron chi connectivity index (χ2n) is 7.09. The van der Waals surface area contributed by atoms with Crippen molar-refractivity contribution in [1.82, 2.24) is 25.0 Å². The van der Waals surface area contributed by atoms with Gasteiger partial charge < -0.3 is 9.15 Å². The Morgan fingerprint density at radius 1 is 0.882 bits per heavy atom. The minimum atomic E-state index is -0.434. The first-order chi connectivity index (χ1) is 16.7. The number of benzene rings is 3. The monoisotopic (exact) mass is 493 g/mol. The molecule has 0 bridgehead atoms. The van der Waals surface area contributed by atoms with E-state index < -0.39 is 5.82 Å². The Labute approximate surface area is 203 Å². The molecular weight excluding hydrogens is 477 g/mol. The molecule has 0 aliphatic rings. The van der Waals surface area contributed by atoms with Crippen molar-refractivity contribution < 1.29 is 13.5 Å². The molecule has 0 unspecified atom stereocenters. The van der Waals surface area contributed by atoms with Crippen LogP contribution in [0.3, 0.4) is 0 Å². The van der Waals surface area contributed by atoms with Gasteiger partial charge in [0.25, 0.3) is 0 Å². The van der Waals surface area contributed by atoms with Crippen LogP contribution in [-0.2, 0) is 12.4 Å². The van der Waals surface area contributed by atoms with E-state index >= 15 is 0 Å². The van der Waals surface area contributed by atoms with Crippen LogP contribution in [-0.4, -0.2) is 25.0 Å². The highest BCUT2D eigenvalue weighted by Crippen LogP contribution is 2.27. The fraction of sp³-hybridized carbons (Fsp3) is 0.0833. The maximum absolute atomic E-state index is 14.0. The molecule has 0 N–H and O–H groups in total. The zero-order valence-electron chi connectivity index (χ0n) is 17.6. The maximum Gasteiger partial charge on any atom is 0.247 e. The van der Waals surface area contributed by atoms with Crippen molar-refractivity contribution in [3.63, 3.8) is 0 Å². The summed E-state index contributed by atoms with van der Waals surface area (Å²) in [4.78, 5) is 0. The first kappa shape index (κ1) is 22.1. The van der Waals surface area contributed by atoms with E-state index in [4.69, 9.17) is 20.8 Å². The predicted molar refractivity (Wildman–Crippen MR) is 126 cm³/mol. The Morgan fingerprint density at radius 3 is 2.44 bits per heavy atom. The van der Waals surface area contributed by atoms with Crippen LogP contribution in [0.5, 0.6) is 5.75 Å². The first-order valence-electron chi connectivity index (χ1n) is 10.3. The highest BCUT2D eigenvalue weighted by molar-refractivity contribution is 7.98. The molecule has 10 heteroatoms. The molecule has 0 aliphatic heterocycles. The molecule has 170 valence electrons. The number of ether oxygens (including phenoxy) is 1. The van der Waals surface area contributed by atoms with Gasteiger partial charge in [0.2, 0.25) is 11.8 Å². The number of rotatable bonds is 8. The van der Waals surface area contributed by atoms with E-state index in [1.807, 2.05) is 47.0 Å². The molecule has 0 saturated carbocycles. The summed E-state index contributed by atoms with van der Waals surface area (Å²) in [5.41, 5.74) is 1.64. The van der Waals surface area contributed by atoms with Crippen LogP contribution in [0.4, 0.5) is 4.39 Å². The van der Waals surface area contributed by atoms with Gasteiger partial charge in [0.05, 0.1) is 5.75 Å². The zero-order chi connectivity index (χ0) is 23.3. The van der Waals surface area contributed by atoms with Gasteiger partial charge in [-0.1, -0.05) is 53.7 Å². The molecule has 0 spiro atoms. The molecule has 0 fully saturated rings. The summed E-state index contributed by atoms with van der Waals surface area (Å²) in [6.07, 6.45) is 0. The topological polar surface area (TPSA) is 78.9 Å². The van der Waals surface area contributed by atoms with Crippen molar-refractivity contribution in [1.29, 1.82) is 0 Å². The lowest BCUT2D eigenvalue weighted by atomic mass is 10.2. The molecule has 2 heterocycles. The summed E-state index contributed by atoms with van der Waals surface area (Å²) in [6, 6.07) is 23.0. The number of nitrogens with zero attached hydrogens (tertiary/aromatic N) is 5. The predicted octanol–water partition coefficient (Wildman–Crippen LogP) is 5.98. The van der Waals surface area contributed by atoms with Crippen molar-refractivity contribution in [2.45, 2.75) is 17.5 Å². The fourth-order valence-electron chi connectivity index (χ4n) is 3.18. The van der Waals surface area contributed by atoms with E-state index in [9.17, 15) is 4.39 Å². The largest absolute Gasteiger partial charge is 0.483 e. The summed E-state index contributed by atoms with van der Waals surface area (Å²) in [7, 11) is 0. The Balaban J connectivity index is 1.35. The lowest BCUT2D eigenvalue weighted by Gasteiger charge is -2.11. The molecule has 0 atom stereocenters. The van der Waals surface area contributed by atoms with Crippen molar-refractivity contribution in [3.05, 3.63) is 101 Å². The van der Waals surface area contributed by atoms with Crippen LogP contribution in [0.25, 0.3) is 17.1 Å². The maximum atomic E-state index is 14.0. The Bertz CT molecular complexity index is 1390. The lowest BCUT2D eigenvalue weighted by molar-refractivity contribution is 0.278. The van der Waals surface area contributed by atoms with Gasteiger partial charge in [-0.25, -0.2) is 4.39 Å². The molecule has 34 heavy (non-hydrogen) atoms. The van der Waals surface area contributed by atoms with Gasteiger partial charge in [0.1, 0.15) is 6.61 Å². The average molecular weight is 494 g/mol. The number of aromatic nitrogens is 5. The quantitative estimate of drug-likeness (QED) is 0.246. The van der Waals surface area contributed by atoms with Gasteiger partial charge in [-0.3, -0.25) is 4.57 Å². The van der Waals surface area contributed by atoms with E-state index in [0.717, 1.165) is 11.3 Å². The summed E-state index contributed by atoms with van der Waals surface area (Å²) in [5, 5.41) is 18.1. The average Bonchev–Trinajstić information content (AvgIpc) is 3.50. The minimum Gasteiger partial charge on any atom is -0.483 e. The normalized spacial score (nSPS) is 11.0. The molecule has 0 radical (unpaired) electrons. The highest BCUT2D eigenvalue weighted by Gasteiger charge is 2.17. The smallest absolute Gasteiger partial charge is 0.247 e. The van der Waals surface area contributed by atoms with E-state index in [1.54, 1.807) is 30.3 Å². The van der Waals surface area contributed by atoms with Crippen molar-refractivity contribution in [2.75, 3.05) is 0 Å². The van der Waals surface area contributed by atoms with Gasteiger partial charge >= 0.3 is 0 Å². The summed E-state index contributed by atoms with van der Waals surface area (Å²) < 4.78 is 27.3. The molecule has 5 aromatic rings. The molecule has 0 amide bonds. The third-order valence-electron chi connectivity index (χ3n) is 4.79. The van der Waals surface area contributed by atoms with Gasteiger partial charge in [-0.15, -0.1) is 20.4 Å². The number of hydrogen-bond acceptors (Lipinski definition) is 7. The molecule has 3 aromatic carbocycles. The number of halogens is 2. The summed E-state index contributed by atoms with van der Waals surface area (Å²) >= 11 is 7.34. The van der Waals surface area contributed by atoms with Crippen molar-refractivity contribution >= 4 is 23.4 Å². The SMILES string of the molecule is Fc1ccccc1OCc1nnc(SCc2nnc(-c3ccc(Cl)cc3)o2)n1-c1ccccc1. The van der Waals surface area contributed by atoms with E-state index in [2.05, 4.69) is 20.4 Å². The van der Waals surface area contributed by atoms with Gasteiger partial charge in [0, 0.05) is 16.3 Å². The summed E-state index contributed by atoms with van der Waals surface area (Å²) in [5.74, 6) is 1.50. The molecule has 7 nitrogen and oxygen atoms in total. The minimum absolute atomic E-state index is 0.0463. The van der Waals surface area contributed by atoms with Crippen molar-refractivity contribution in [2.24, 2.45) is 0 Å². The third-order valence-corrected chi connectivity index (χ3v) is 5.96. The second-order valence-corrected chi connectivity index (χ2v) is 8.46. The number of hydrogen-bond donors (Lipinski definition) is 0. The second kappa shape index (κ2) is 10.1. The van der Waals surface area contributed by atoms with Crippen LogP contribution in [0.15, 0.2) is 88.4 Å². The van der Waals surface area contributed by atoms with E-state index in [-0.39, 0.29) is 12.4 Å². The molecule has 5 rings (SSSR count). The van der Waals surface area contributed by atoms with Crippen LogP contribution in [0.1, 0.15) is 11.7 Å². The molecule has 2 aromatic heterocycles. The third kappa shape index (κ3) is 4.95. The van der Waals surface area contributed by atoms with Gasteiger partial charge in [-0.2, -0.15) is 0 Å². The van der Waals surface area contributed by atoms with Crippen LogP contribution >= 0.6 is 23.4 Å². The fourth-order valence-corrected chi connectivity index (χ4v) is 4.11. The van der Waals surface area contributed by atoms with Crippen LogP contribution < -0.4 is 4.74 Å². The first-order valence-corrected chi connectivity index (χ1v) is 11.6. The van der Waals surface area contributed by atoms with Gasteiger partial charge in [-0.05, 0) is 48.5 Å². The lowest BCUT2D eigenvalue weighted by Crippen LogP contribution is -2.07. The number of para-hydroxylation sites is 2.